The topological polar surface area (TPSA) is 69.4 Å². The Kier molecular flexibility index (Phi) is 4.56. The number of nitro groups is 1. The molecule has 0 amide bonds. The molecule has 0 N–H and O–H groups in total. The van der Waals surface area contributed by atoms with E-state index in [1.165, 1.54) is 0 Å². The lowest BCUT2D eigenvalue weighted by Gasteiger charge is -2.07. The summed E-state index contributed by atoms with van der Waals surface area (Å²) in [7, 11) is 0. The normalized spacial score (nSPS) is 10.1. The van der Waals surface area contributed by atoms with Crippen molar-refractivity contribution in [3.05, 3.63) is 39.2 Å². The number of nitrogens with zero attached hydrogens (tertiary/aromatic N) is 1. The number of halogens is 2. The summed E-state index contributed by atoms with van der Waals surface area (Å²) >= 11 is 3.04. The Hall–Kier alpha value is -1.50. The fraction of sp³-hybridized carbons (Fsp3) is 0.300. The molecule has 17 heavy (non-hydrogen) atoms. The van der Waals surface area contributed by atoms with Crippen molar-refractivity contribution in [3.8, 4) is 0 Å². The number of ether oxygens (including phenoxy) is 1. The van der Waals surface area contributed by atoms with E-state index >= 15 is 0 Å². The molecule has 5 nitrogen and oxygen atoms in total. The highest BCUT2D eigenvalue weighted by Gasteiger charge is 2.23. The third kappa shape index (κ3) is 3.00. The first-order valence-electron chi connectivity index (χ1n) is 4.71. The predicted molar refractivity (Wildman–Crippen MR) is 61.6 cm³/mol. The monoisotopic (exact) mass is 305 g/mol. The van der Waals surface area contributed by atoms with Crippen LogP contribution in [-0.2, 0) is 10.1 Å². The average Bonchev–Trinajstić information content (AvgIpc) is 2.28. The number of rotatable bonds is 4. The van der Waals surface area contributed by atoms with Gasteiger partial charge in [0.25, 0.3) is 5.69 Å². The van der Waals surface area contributed by atoms with Crippen LogP contribution in [0.5, 0.6) is 0 Å². The molecule has 1 rings (SSSR count). The van der Waals surface area contributed by atoms with Crippen LogP contribution >= 0.6 is 15.9 Å². The predicted octanol–water partition coefficient (Wildman–Crippen LogP) is 2.81. The molecule has 0 aromatic heterocycles. The molecule has 0 aliphatic heterocycles. The van der Waals surface area contributed by atoms with Crippen LogP contribution in [0.2, 0.25) is 0 Å². The molecule has 0 radical (unpaired) electrons. The fourth-order valence-corrected chi connectivity index (χ4v) is 1.91. The van der Waals surface area contributed by atoms with Gasteiger partial charge in [0.05, 0.1) is 28.7 Å². The van der Waals surface area contributed by atoms with Crippen LogP contribution in [0, 0.1) is 15.9 Å². The smallest absolute Gasteiger partial charge is 0.338 e. The van der Waals surface area contributed by atoms with Gasteiger partial charge in [0.15, 0.2) is 0 Å². The highest BCUT2D eigenvalue weighted by atomic mass is 79.9. The largest absolute Gasteiger partial charge is 0.462 e. The van der Waals surface area contributed by atoms with Crippen LogP contribution in [0.4, 0.5) is 10.1 Å². The van der Waals surface area contributed by atoms with E-state index in [4.69, 9.17) is 4.74 Å². The number of hydrogen-bond donors (Lipinski definition) is 0. The van der Waals surface area contributed by atoms with Crippen molar-refractivity contribution in [1.82, 2.24) is 0 Å². The Morgan fingerprint density at radius 3 is 2.71 bits per heavy atom. The van der Waals surface area contributed by atoms with E-state index in [1.807, 2.05) is 0 Å². The minimum Gasteiger partial charge on any atom is -0.462 e. The third-order valence-corrected chi connectivity index (χ3v) is 2.58. The molecule has 0 fully saturated rings. The lowest BCUT2D eigenvalue weighted by molar-refractivity contribution is -0.385. The van der Waals surface area contributed by atoms with Crippen molar-refractivity contribution >= 4 is 27.6 Å². The first-order valence-corrected chi connectivity index (χ1v) is 5.83. The highest BCUT2D eigenvalue weighted by Crippen LogP contribution is 2.27. The molecule has 0 spiro atoms. The Morgan fingerprint density at radius 1 is 1.59 bits per heavy atom. The number of esters is 1. The first-order chi connectivity index (χ1) is 8.01. The summed E-state index contributed by atoms with van der Waals surface area (Å²) in [5.74, 6) is -1.62. The fourth-order valence-electron chi connectivity index (χ4n) is 1.32. The van der Waals surface area contributed by atoms with Gasteiger partial charge in [-0.2, -0.15) is 0 Å². The average molecular weight is 306 g/mol. The quantitative estimate of drug-likeness (QED) is 0.371. The van der Waals surface area contributed by atoms with Crippen LogP contribution in [0.1, 0.15) is 22.8 Å². The second-order valence-corrected chi connectivity index (χ2v) is 3.62. The first kappa shape index (κ1) is 13.6. The number of alkyl halides is 1. The summed E-state index contributed by atoms with van der Waals surface area (Å²) in [5, 5.41) is 10.8. The van der Waals surface area contributed by atoms with E-state index in [-0.39, 0.29) is 23.1 Å². The number of carbonyl (C=O) groups excluding carboxylic acids is 1. The lowest BCUT2D eigenvalue weighted by atomic mass is 10.1. The van der Waals surface area contributed by atoms with Crippen molar-refractivity contribution in [1.29, 1.82) is 0 Å². The van der Waals surface area contributed by atoms with Gasteiger partial charge in [0.1, 0.15) is 5.82 Å². The molecule has 0 heterocycles. The summed E-state index contributed by atoms with van der Waals surface area (Å²) in [6, 6.07) is 1.71. The Bertz CT molecular complexity index is 464. The zero-order chi connectivity index (χ0) is 13.0. The van der Waals surface area contributed by atoms with Gasteiger partial charge in [-0.05, 0) is 13.0 Å². The molecule has 0 atom stereocenters. The summed E-state index contributed by atoms with van der Waals surface area (Å²) < 4.78 is 17.9. The second-order valence-electron chi connectivity index (χ2n) is 3.06. The van der Waals surface area contributed by atoms with E-state index < -0.39 is 22.4 Å². The second kappa shape index (κ2) is 5.72. The molecule has 92 valence electrons. The molecule has 0 unspecified atom stereocenters. The lowest BCUT2D eigenvalue weighted by Crippen LogP contribution is -2.10. The van der Waals surface area contributed by atoms with Crippen LogP contribution in [0.3, 0.4) is 0 Å². The molecule has 1 aromatic rings. The molecule has 0 aliphatic carbocycles. The van der Waals surface area contributed by atoms with E-state index in [0.29, 0.717) is 0 Å². The highest BCUT2D eigenvalue weighted by molar-refractivity contribution is 9.08. The number of hydrogen-bond acceptors (Lipinski definition) is 4. The molecule has 0 saturated carbocycles. The summed E-state index contributed by atoms with van der Waals surface area (Å²) in [6.07, 6.45) is 0. The molecule has 0 saturated heterocycles. The molecule has 0 bridgehead atoms. The van der Waals surface area contributed by atoms with E-state index in [9.17, 15) is 19.3 Å². The van der Waals surface area contributed by atoms with Gasteiger partial charge in [-0.1, -0.05) is 15.9 Å². The Balaban J connectivity index is 3.37. The number of nitro benzene ring substituents is 1. The van der Waals surface area contributed by atoms with E-state index in [1.54, 1.807) is 6.92 Å². The maximum Gasteiger partial charge on any atom is 0.338 e. The molecule has 1 aromatic carbocycles. The third-order valence-electron chi connectivity index (χ3n) is 2.02. The van der Waals surface area contributed by atoms with Gasteiger partial charge in [0, 0.05) is 5.33 Å². The molecule has 0 aliphatic rings. The minimum absolute atomic E-state index is 0.0672. The van der Waals surface area contributed by atoms with Gasteiger partial charge < -0.3 is 4.74 Å². The summed E-state index contributed by atoms with van der Waals surface area (Å²) in [4.78, 5) is 21.5. The summed E-state index contributed by atoms with van der Waals surface area (Å²) in [6.45, 7) is 1.71. The Morgan fingerprint density at radius 2 is 2.24 bits per heavy atom. The molecular formula is C10H9BrFNO4. The number of carbonyl (C=O) groups is 1. The van der Waals surface area contributed by atoms with Crippen molar-refractivity contribution < 1.29 is 18.8 Å². The van der Waals surface area contributed by atoms with Crippen molar-refractivity contribution in [2.24, 2.45) is 0 Å². The van der Waals surface area contributed by atoms with Crippen LogP contribution < -0.4 is 0 Å². The maximum absolute atomic E-state index is 13.2. The standard InChI is InChI=1S/C10H9BrFNO4/c1-2-17-10(14)7-3-6(12)4-9(13(15)16)8(7)5-11/h3-4H,2,5H2,1H3. The number of benzene rings is 1. The molecule has 7 heteroatoms. The zero-order valence-corrected chi connectivity index (χ0v) is 10.5. The van der Waals surface area contributed by atoms with Gasteiger partial charge in [-0.15, -0.1) is 0 Å². The van der Waals surface area contributed by atoms with Crippen LogP contribution in [-0.4, -0.2) is 17.5 Å². The summed E-state index contributed by atoms with van der Waals surface area (Å²) in [5.41, 5.74) is -0.463. The van der Waals surface area contributed by atoms with Gasteiger partial charge in [-0.25, -0.2) is 9.18 Å². The van der Waals surface area contributed by atoms with E-state index in [2.05, 4.69) is 15.9 Å². The van der Waals surface area contributed by atoms with Gasteiger partial charge in [0.2, 0.25) is 0 Å². The van der Waals surface area contributed by atoms with Gasteiger partial charge in [-0.3, -0.25) is 10.1 Å². The van der Waals surface area contributed by atoms with Crippen molar-refractivity contribution in [2.75, 3.05) is 6.61 Å². The minimum atomic E-state index is -0.843. The molecular weight excluding hydrogens is 297 g/mol. The van der Waals surface area contributed by atoms with Gasteiger partial charge >= 0.3 is 5.97 Å². The van der Waals surface area contributed by atoms with Crippen LogP contribution in [0.25, 0.3) is 0 Å². The van der Waals surface area contributed by atoms with Crippen molar-refractivity contribution in [3.63, 3.8) is 0 Å². The van der Waals surface area contributed by atoms with Crippen molar-refractivity contribution in [2.45, 2.75) is 12.3 Å². The maximum atomic E-state index is 13.2. The van der Waals surface area contributed by atoms with E-state index in [0.717, 1.165) is 12.1 Å². The zero-order valence-electron chi connectivity index (χ0n) is 8.91. The Labute approximate surface area is 105 Å². The van der Waals surface area contributed by atoms with Crippen LogP contribution in [0.15, 0.2) is 12.1 Å². The SMILES string of the molecule is CCOC(=O)c1cc(F)cc([N+](=O)[O-])c1CBr.